The topological polar surface area (TPSA) is 51.0 Å². The largest absolute Gasteiger partial charge is 0.405 e. The number of rotatable bonds is 2. The molecule has 1 aliphatic rings. The van der Waals surface area contributed by atoms with E-state index in [4.69, 9.17) is 4.74 Å². The monoisotopic (exact) mass is 244 g/mol. The minimum absolute atomic E-state index is 0.217. The van der Waals surface area contributed by atoms with Crippen LogP contribution in [0.25, 0.3) is 0 Å². The molecule has 4 heteroatoms. The van der Waals surface area contributed by atoms with Crippen molar-refractivity contribution in [3.05, 3.63) is 35.9 Å². The molecule has 0 bridgehead atoms. The molecule has 1 aromatic rings. The predicted molar refractivity (Wildman–Crippen MR) is 71.1 cm³/mol. The van der Waals surface area contributed by atoms with Crippen LogP contribution in [0.4, 0.5) is 0 Å². The van der Waals surface area contributed by atoms with Crippen molar-refractivity contribution in [2.75, 3.05) is 0 Å². The van der Waals surface area contributed by atoms with Crippen molar-refractivity contribution in [3.63, 3.8) is 0 Å². The fourth-order valence-electron chi connectivity index (χ4n) is 1.46. The summed E-state index contributed by atoms with van der Waals surface area (Å²) in [6.07, 6.45) is 1.55. The Kier molecular flexibility index (Phi) is 3.28. The Hall–Kier alpha value is -1.97. The molecule has 0 saturated carbocycles. The summed E-state index contributed by atoms with van der Waals surface area (Å²) in [7, 11) is 0. The molecule has 0 aromatic heterocycles. The van der Waals surface area contributed by atoms with E-state index in [1.165, 1.54) is 0 Å². The summed E-state index contributed by atoms with van der Waals surface area (Å²) in [4.78, 5) is 20.2. The van der Waals surface area contributed by atoms with Crippen molar-refractivity contribution in [2.45, 2.75) is 32.4 Å². The number of benzene rings is 1. The molecule has 0 radical (unpaired) electrons. The van der Waals surface area contributed by atoms with Crippen LogP contribution < -0.4 is 0 Å². The maximum Gasteiger partial charge on any atom is 0.343 e. The van der Waals surface area contributed by atoms with Gasteiger partial charge in [-0.1, -0.05) is 18.2 Å². The lowest BCUT2D eigenvalue weighted by atomic mass is 10.1. The van der Waals surface area contributed by atoms with Gasteiger partial charge in [-0.2, -0.15) is 0 Å². The summed E-state index contributed by atoms with van der Waals surface area (Å²) in [6.45, 7) is 5.89. The zero-order valence-corrected chi connectivity index (χ0v) is 10.8. The number of carbonyl (C=O) groups is 1. The van der Waals surface area contributed by atoms with E-state index in [0.717, 1.165) is 5.56 Å². The summed E-state index contributed by atoms with van der Waals surface area (Å²) >= 11 is 0. The van der Waals surface area contributed by atoms with Crippen LogP contribution in [0.1, 0.15) is 26.3 Å². The summed E-state index contributed by atoms with van der Waals surface area (Å²) < 4.78 is 5.15. The zero-order valence-electron chi connectivity index (χ0n) is 10.8. The van der Waals surface area contributed by atoms with E-state index in [-0.39, 0.29) is 11.5 Å². The lowest BCUT2D eigenvalue weighted by Crippen LogP contribution is -2.19. The normalized spacial score (nSPS) is 20.1. The molecule has 0 spiro atoms. The molecule has 2 rings (SSSR count). The first-order valence-electron chi connectivity index (χ1n) is 5.86. The lowest BCUT2D eigenvalue weighted by molar-refractivity contribution is -0.133. The van der Waals surface area contributed by atoms with Gasteiger partial charge in [-0.3, -0.25) is 4.99 Å². The number of ether oxygens (including phenoxy) is 1. The molecular weight excluding hydrogens is 228 g/mol. The Morgan fingerprint density at radius 1 is 1.28 bits per heavy atom. The van der Waals surface area contributed by atoms with Crippen molar-refractivity contribution >= 4 is 18.1 Å². The molecule has 0 N–H and O–H groups in total. The van der Waals surface area contributed by atoms with Gasteiger partial charge in [0.1, 0.15) is 0 Å². The molecule has 4 nitrogen and oxygen atoms in total. The van der Waals surface area contributed by atoms with Crippen LogP contribution >= 0.6 is 0 Å². The first-order chi connectivity index (χ1) is 8.46. The number of hydrogen-bond donors (Lipinski definition) is 0. The van der Waals surface area contributed by atoms with E-state index in [0.29, 0.717) is 5.90 Å². The second-order valence-corrected chi connectivity index (χ2v) is 5.12. The maximum atomic E-state index is 11.6. The SMILES string of the molecule is CC(C)(C)N=CC1N=C(c2ccccc2)OC1=O. The molecule has 18 heavy (non-hydrogen) atoms. The van der Waals surface area contributed by atoms with Crippen molar-refractivity contribution in [1.29, 1.82) is 0 Å². The highest BCUT2D eigenvalue weighted by Gasteiger charge is 2.28. The summed E-state index contributed by atoms with van der Waals surface area (Å²) in [5.74, 6) is -0.00666. The average Bonchev–Trinajstić information content (AvgIpc) is 2.68. The summed E-state index contributed by atoms with van der Waals surface area (Å²) in [5, 5.41) is 0. The van der Waals surface area contributed by atoms with Crippen LogP contribution in [-0.4, -0.2) is 29.7 Å². The molecule has 1 heterocycles. The first-order valence-corrected chi connectivity index (χ1v) is 5.86. The van der Waals surface area contributed by atoms with Crippen LogP contribution in [0.5, 0.6) is 0 Å². The van der Waals surface area contributed by atoms with Crippen LogP contribution in [0, 0.1) is 0 Å². The van der Waals surface area contributed by atoms with Crippen molar-refractivity contribution < 1.29 is 9.53 Å². The highest BCUT2D eigenvalue weighted by Crippen LogP contribution is 2.13. The van der Waals surface area contributed by atoms with E-state index in [2.05, 4.69) is 9.98 Å². The minimum atomic E-state index is -0.626. The Morgan fingerprint density at radius 2 is 1.94 bits per heavy atom. The molecule has 94 valence electrons. The number of cyclic esters (lactones) is 1. The van der Waals surface area contributed by atoms with Gasteiger partial charge in [0.2, 0.25) is 5.90 Å². The van der Waals surface area contributed by atoms with Gasteiger partial charge in [-0.05, 0) is 32.9 Å². The standard InChI is InChI=1S/C14H16N2O2/c1-14(2,3)15-9-11-13(17)18-12(16-11)10-7-5-4-6-8-10/h4-9,11H,1-3H3. The van der Waals surface area contributed by atoms with Gasteiger partial charge in [0.05, 0.1) is 5.54 Å². The van der Waals surface area contributed by atoms with Gasteiger partial charge in [0, 0.05) is 11.8 Å². The summed E-state index contributed by atoms with van der Waals surface area (Å²) in [6, 6.07) is 8.74. The second kappa shape index (κ2) is 4.72. The Bertz CT molecular complexity index is 498. The van der Waals surface area contributed by atoms with Gasteiger partial charge in [0.25, 0.3) is 0 Å². The molecular formula is C14H16N2O2. The van der Waals surface area contributed by atoms with Gasteiger partial charge in [-0.15, -0.1) is 0 Å². The van der Waals surface area contributed by atoms with Crippen LogP contribution in [0.3, 0.4) is 0 Å². The zero-order chi connectivity index (χ0) is 13.2. The highest BCUT2D eigenvalue weighted by atomic mass is 16.6. The van der Waals surface area contributed by atoms with Crippen LogP contribution in [0.2, 0.25) is 0 Å². The Labute approximate surface area is 106 Å². The van der Waals surface area contributed by atoms with E-state index >= 15 is 0 Å². The van der Waals surface area contributed by atoms with E-state index in [9.17, 15) is 4.79 Å². The third kappa shape index (κ3) is 3.03. The number of esters is 1. The van der Waals surface area contributed by atoms with Crippen molar-refractivity contribution in [3.8, 4) is 0 Å². The lowest BCUT2D eigenvalue weighted by Gasteiger charge is -2.10. The maximum absolute atomic E-state index is 11.6. The van der Waals surface area contributed by atoms with E-state index in [1.807, 2.05) is 51.1 Å². The van der Waals surface area contributed by atoms with Crippen molar-refractivity contribution in [2.24, 2.45) is 9.98 Å². The predicted octanol–water partition coefficient (Wildman–Crippen LogP) is 2.23. The molecule has 1 aliphatic heterocycles. The quantitative estimate of drug-likeness (QED) is 0.591. The van der Waals surface area contributed by atoms with Crippen molar-refractivity contribution in [1.82, 2.24) is 0 Å². The molecule has 0 amide bonds. The number of hydrogen-bond acceptors (Lipinski definition) is 4. The fraction of sp³-hybridized carbons (Fsp3) is 0.357. The highest BCUT2D eigenvalue weighted by molar-refractivity contribution is 6.11. The molecule has 0 fully saturated rings. The van der Waals surface area contributed by atoms with Gasteiger partial charge in [0.15, 0.2) is 6.04 Å². The molecule has 1 atom stereocenters. The number of aliphatic imine (C=N–C) groups is 2. The molecule has 1 aromatic carbocycles. The first kappa shape index (κ1) is 12.5. The fourth-order valence-corrected chi connectivity index (χ4v) is 1.46. The average molecular weight is 244 g/mol. The van der Waals surface area contributed by atoms with Gasteiger partial charge in [-0.25, -0.2) is 9.79 Å². The van der Waals surface area contributed by atoms with Gasteiger partial charge < -0.3 is 4.74 Å². The molecule has 1 unspecified atom stereocenters. The number of nitrogens with zero attached hydrogens (tertiary/aromatic N) is 2. The second-order valence-electron chi connectivity index (χ2n) is 5.12. The summed E-state index contributed by atoms with van der Waals surface area (Å²) in [5.41, 5.74) is 0.586. The minimum Gasteiger partial charge on any atom is -0.405 e. The number of carbonyl (C=O) groups excluding carboxylic acids is 1. The van der Waals surface area contributed by atoms with Crippen LogP contribution in [-0.2, 0) is 9.53 Å². The molecule has 0 aliphatic carbocycles. The smallest absolute Gasteiger partial charge is 0.343 e. The molecule has 0 saturated heterocycles. The van der Waals surface area contributed by atoms with Gasteiger partial charge >= 0.3 is 5.97 Å². The van der Waals surface area contributed by atoms with E-state index in [1.54, 1.807) is 6.21 Å². The van der Waals surface area contributed by atoms with Crippen LogP contribution in [0.15, 0.2) is 40.3 Å². The Balaban J connectivity index is 2.18. The third-order valence-corrected chi connectivity index (χ3v) is 2.32. The third-order valence-electron chi connectivity index (χ3n) is 2.32. The van der Waals surface area contributed by atoms with E-state index < -0.39 is 6.04 Å². The Morgan fingerprint density at radius 3 is 2.56 bits per heavy atom.